The van der Waals surface area contributed by atoms with Crippen molar-refractivity contribution in [1.29, 1.82) is 0 Å². The topological polar surface area (TPSA) is 15.3 Å². The molecular formula is C13H22N2. The van der Waals surface area contributed by atoms with Crippen LogP contribution in [0.1, 0.15) is 38.5 Å². The Bertz CT molecular complexity index is 242. The first kappa shape index (κ1) is 11.0. The lowest BCUT2D eigenvalue weighted by atomic mass is 9.86. The predicted octanol–water partition coefficient (Wildman–Crippen LogP) is 1.62. The molecule has 2 nitrogen and oxygen atoms in total. The van der Waals surface area contributed by atoms with Gasteiger partial charge in [0.15, 0.2) is 0 Å². The third-order valence-electron chi connectivity index (χ3n) is 4.20. The molecule has 0 aromatic heterocycles. The second-order valence-corrected chi connectivity index (χ2v) is 4.89. The van der Waals surface area contributed by atoms with Crippen molar-refractivity contribution in [3.8, 4) is 12.3 Å². The molecule has 84 valence electrons. The largest absolute Gasteiger partial charge is 0.305 e. The Balaban J connectivity index is 2.19. The lowest BCUT2D eigenvalue weighted by Crippen LogP contribution is -2.57. The van der Waals surface area contributed by atoms with E-state index in [2.05, 4.69) is 16.1 Å². The highest BCUT2D eigenvalue weighted by atomic mass is 15.2. The minimum Gasteiger partial charge on any atom is -0.305 e. The fourth-order valence-corrected chi connectivity index (χ4v) is 3.44. The number of likely N-dealkylation sites (N-methyl/N-ethyl adjacent to an activating group) is 1. The lowest BCUT2D eigenvalue weighted by Gasteiger charge is -2.42. The summed E-state index contributed by atoms with van der Waals surface area (Å²) in [5.41, 5.74) is 0.278. The maximum Gasteiger partial charge on any atom is 0.0871 e. The van der Waals surface area contributed by atoms with E-state index in [1.165, 1.54) is 51.6 Å². The molecule has 0 aromatic carbocycles. The maximum absolute atomic E-state index is 5.68. The summed E-state index contributed by atoms with van der Waals surface area (Å²) in [4.78, 5) is 2.65. The van der Waals surface area contributed by atoms with E-state index in [1.807, 2.05) is 7.05 Å². The molecule has 1 aliphatic carbocycles. The standard InChI is InChI=1S/C13H22N2/c1-3-12(14-2)13(8-4-5-9-13)15-10-6-7-11-15/h1,12,14H,4-11H2,2H3. The van der Waals surface area contributed by atoms with E-state index in [4.69, 9.17) is 6.42 Å². The summed E-state index contributed by atoms with van der Waals surface area (Å²) in [6.07, 6.45) is 13.6. The zero-order valence-electron chi connectivity index (χ0n) is 9.76. The van der Waals surface area contributed by atoms with Crippen LogP contribution in [0.25, 0.3) is 0 Å². The number of nitrogens with one attached hydrogen (secondary N) is 1. The van der Waals surface area contributed by atoms with Gasteiger partial charge in [-0.05, 0) is 45.8 Å². The van der Waals surface area contributed by atoms with Crippen molar-refractivity contribution in [3.63, 3.8) is 0 Å². The molecule has 2 fully saturated rings. The number of nitrogens with zero attached hydrogens (tertiary/aromatic N) is 1. The van der Waals surface area contributed by atoms with E-state index in [-0.39, 0.29) is 11.6 Å². The van der Waals surface area contributed by atoms with Gasteiger partial charge in [-0.2, -0.15) is 0 Å². The van der Waals surface area contributed by atoms with Gasteiger partial charge in [0.2, 0.25) is 0 Å². The van der Waals surface area contributed by atoms with Crippen molar-refractivity contribution in [1.82, 2.24) is 10.2 Å². The van der Waals surface area contributed by atoms with Crippen molar-refractivity contribution >= 4 is 0 Å². The smallest absolute Gasteiger partial charge is 0.0871 e. The number of terminal acetylenes is 1. The average Bonchev–Trinajstić information content (AvgIpc) is 2.90. The van der Waals surface area contributed by atoms with Crippen LogP contribution < -0.4 is 5.32 Å². The highest BCUT2D eigenvalue weighted by Crippen LogP contribution is 2.39. The number of likely N-dealkylation sites (tertiary alicyclic amines) is 1. The molecule has 0 radical (unpaired) electrons. The number of hydrogen-bond donors (Lipinski definition) is 1. The molecule has 0 aromatic rings. The minimum atomic E-state index is 0.234. The van der Waals surface area contributed by atoms with Crippen molar-refractivity contribution in [2.75, 3.05) is 20.1 Å². The van der Waals surface area contributed by atoms with Gasteiger partial charge in [0.25, 0.3) is 0 Å². The molecule has 0 bridgehead atoms. The first-order valence-corrected chi connectivity index (χ1v) is 6.22. The van der Waals surface area contributed by atoms with Crippen molar-refractivity contribution in [2.24, 2.45) is 0 Å². The first-order valence-electron chi connectivity index (χ1n) is 6.22. The number of hydrogen-bond acceptors (Lipinski definition) is 2. The average molecular weight is 206 g/mol. The van der Waals surface area contributed by atoms with E-state index in [0.29, 0.717) is 0 Å². The van der Waals surface area contributed by atoms with Gasteiger partial charge in [-0.1, -0.05) is 18.8 Å². The SMILES string of the molecule is C#CC(NC)C1(N2CCCC2)CCCC1. The van der Waals surface area contributed by atoms with Gasteiger partial charge in [0, 0.05) is 5.54 Å². The molecule has 2 rings (SSSR count). The molecule has 2 heteroatoms. The van der Waals surface area contributed by atoms with Gasteiger partial charge in [0.05, 0.1) is 6.04 Å². The molecule has 1 N–H and O–H groups in total. The third-order valence-corrected chi connectivity index (χ3v) is 4.20. The second-order valence-electron chi connectivity index (χ2n) is 4.89. The maximum atomic E-state index is 5.68. The molecular weight excluding hydrogens is 184 g/mol. The van der Waals surface area contributed by atoms with Crippen LogP contribution in [0.2, 0.25) is 0 Å². The molecule has 0 spiro atoms. The van der Waals surface area contributed by atoms with Gasteiger partial charge >= 0.3 is 0 Å². The molecule has 1 heterocycles. The normalized spacial score (nSPS) is 27.7. The van der Waals surface area contributed by atoms with Crippen LogP contribution in [-0.4, -0.2) is 36.6 Å². The Morgan fingerprint density at radius 1 is 1.20 bits per heavy atom. The Labute approximate surface area is 93.4 Å². The lowest BCUT2D eigenvalue weighted by molar-refractivity contribution is 0.100. The Morgan fingerprint density at radius 3 is 2.27 bits per heavy atom. The van der Waals surface area contributed by atoms with Gasteiger partial charge in [-0.3, -0.25) is 4.90 Å². The Morgan fingerprint density at radius 2 is 1.80 bits per heavy atom. The van der Waals surface area contributed by atoms with Gasteiger partial charge in [-0.25, -0.2) is 0 Å². The van der Waals surface area contributed by atoms with Crippen LogP contribution in [0.5, 0.6) is 0 Å². The summed E-state index contributed by atoms with van der Waals surface area (Å²) in [6, 6.07) is 0.234. The van der Waals surface area contributed by atoms with Crippen LogP contribution in [-0.2, 0) is 0 Å². The fraction of sp³-hybridized carbons (Fsp3) is 0.846. The zero-order valence-corrected chi connectivity index (χ0v) is 9.76. The molecule has 1 aliphatic heterocycles. The molecule has 1 atom stereocenters. The molecule has 0 amide bonds. The van der Waals surface area contributed by atoms with E-state index in [1.54, 1.807) is 0 Å². The summed E-state index contributed by atoms with van der Waals surface area (Å²) in [5.74, 6) is 2.96. The van der Waals surface area contributed by atoms with Crippen LogP contribution in [0, 0.1) is 12.3 Å². The van der Waals surface area contributed by atoms with Crippen LogP contribution in [0.3, 0.4) is 0 Å². The van der Waals surface area contributed by atoms with Gasteiger partial charge in [-0.15, -0.1) is 6.42 Å². The van der Waals surface area contributed by atoms with Gasteiger partial charge < -0.3 is 5.32 Å². The summed E-state index contributed by atoms with van der Waals surface area (Å²) in [6.45, 7) is 2.50. The van der Waals surface area contributed by atoms with Crippen molar-refractivity contribution in [2.45, 2.75) is 50.1 Å². The quantitative estimate of drug-likeness (QED) is 0.706. The molecule has 1 unspecified atom stereocenters. The fourth-order valence-electron chi connectivity index (χ4n) is 3.44. The Kier molecular flexibility index (Phi) is 3.33. The summed E-state index contributed by atoms with van der Waals surface area (Å²) < 4.78 is 0. The highest BCUT2D eigenvalue weighted by Gasteiger charge is 2.45. The highest BCUT2D eigenvalue weighted by molar-refractivity contribution is 5.16. The number of rotatable bonds is 3. The molecule has 1 saturated carbocycles. The predicted molar refractivity (Wildman–Crippen MR) is 63.7 cm³/mol. The minimum absolute atomic E-state index is 0.234. The van der Waals surface area contributed by atoms with Crippen LogP contribution in [0.15, 0.2) is 0 Å². The van der Waals surface area contributed by atoms with E-state index < -0.39 is 0 Å². The van der Waals surface area contributed by atoms with Crippen molar-refractivity contribution < 1.29 is 0 Å². The summed E-state index contributed by atoms with van der Waals surface area (Å²) in [7, 11) is 2.00. The molecule has 2 aliphatic rings. The van der Waals surface area contributed by atoms with Crippen LogP contribution >= 0.6 is 0 Å². The van der Waals surface area contributed by atoms with Crippen LogP contribution in [0.4, 0.5) is 0 Å². The zero-order chi connectivity index (χ0) is 10.7. The monoisotopic (exact) mass is 206 g/mol. The Hall–Kier alpha value is -0.520. The summed E-state index contributed by atoms with van der Waals surface area (Å²) in [5, 5.41) is 3.33. The van der Waals surface area contributed by atoms with Crippen molar-refractivity contribution in [3.05, 3.63) is 0 Å². The van der Waals surface area contributed by atoms with E-state index in [9.17, 15) is 0 Å². The third kappa shape index (κ3) is 1.79. The second kappa shape index (κ2) is 4.55. The first-order chi connectivity index (χ1) is 7.33. The van der Waals surface area contributed by atoms with E-state index >= 15 is 0 Å². The van der Waals surface area contributed by atoms with Gasteiger partial charge in [0.1, 0.15) is 0 Å². The molecule has 15 heavy (non-hydrogen) atoms. The summed E-state index contributed by atoms with van der Waals surface area (Å²) >= 11 is 0. The molecule has 1 saturated heterocycles. The van der Waals surface area contributed by atoms with E-state index in [0.717, 1.165) is 0 Å².